The van der Waals surface area contributed by atoms with Crippen molar-refractivity contribution in [3.63, 3.8) is 0 Å². The number of aryl methyl sites for hydroxylation is 1. The second kappa shape index (κ2) is 10.3. The Hall–Kier alpha value is -1.10. The van der Waals surface area contributed by atoms with Crippen molar-refractivity contribution < 1.29 is 9.53 Å². The van der Waals surface area contributed by atoms with Gasteiger partial charge >= 0.3 is 0 Å². The number of carbonyl (C=O) groups excluding carboxylic acids is 1. The van der Waals surface area contributed by atoms with Crippen molar-refractivity contribution in [2.45, 2.75) is 58.1 Å². The fourth-order valence-electron chi connectivity index (χ4n) is 4.10. The average molecular weight is 381 g/mol. The van der Waals surface area contributed by atoms with Gasteiger partial charge in [-0.2, -0.15) is 0 Å². The van der Waals surface area contributed by atoms with Gasteiger partial charge in [0.2, 0.25) is 5.91 Å². The Morgan fingerprint density at radius 2 is 2.04 bits per heavy atom. The number of piperidine rings is 1. The third-order valence-corrected chi connectivity index (χ3v) is 5.72. The van der Waals surface area contributed by atoms with Crippen LogP contribution in [0.5, 0.6) is 0 Å². The molecule has 1 amide bonds. The molecule has 2 saturated heterocycles. The Morgan fingerprint density at radius 1 is 1.27 bits per heavy atom. The molecule has 2 heterocycles. The number of carbonyl (C=O) groups is 1. The zero-order chi connectivity index (χ0) is 17.6. The largest absolute Gasteiger partial charge is 0.371 e. The Labute approximate surface area is 163 Å². The maximum Gasteiger partial charge on any atom is 0.220 e. The van der Waals surface area contributed by atoms with E-state index in [1.807, 2.05) is 0 Å². The number of benzene rings is 1. The predicted octanol–water partition coefficient (Wildman–Crippen LogP) is 3.78. The van der Waals surface area contributed by atoms with Gasteiger partial charge in [-0.05, 0) is 63.1 Å². The summed E-state index contributed by atoms with van der Waals surface area (Å²) < 4.78 is 6.01. The number of halogens is 1. The van der Waals surface area contributed by atoms with Crippen LogP contribution < -0.4 is 10.6 Å². The van der Waals surface area contributed by atoms with Gasteiger partial charge in [0.25, 0.3) is 0 Å². The molecular weight excluding hydrogens is 348 g/mol. The van der Waals surface area contributed by atoms with Crippen molar-refractivity contribution in [3.8, 4) is 0 Å². The lowest BCUT2D eigenvalue weighted by Crippen LogP contribution is -2.44. The van der Waals surface area contributed by atoms with E-state index in [1.165, 1.54) is 24.0 Å². The van der Waals surface area contributed by atoms with E-state index < -0.39 is 0 Å². The van der Waals surface area contributed by atoms with E-state index in [0.717, 1.165) is 32.5 Å². The van der Waals surface area contributed by atoms with Gasteiger partial charge in [0.05, 0.1) is 6.04 Å². The molecule has 4 nitrogen and oxygen atoms in total. The molecule has 146 valence electrons. The molecule has 0 bridgehead atoms. The van der Waals surface area contributed by atoms with Gasteiger partial charge in [-0.1, -0.05) is 36.8 Å². The fraction of sp³-hybridized carbons (Fsp3) is 0.667. The third kappa shape index (κ3) is 5.70. The van der Waals surface area contributed by atoms with Crippen molar-refractivity contribution in [2.75, 3.05) is 19.7 Å². The van der Waals surface area contributed by atoms with Gasteiger partial charge in [0, 0.05) is 13.0 Å². The Balaban J connectivity index is 0.00000243. The zero-order valence-corrected chi connectivity index (χ0v) is 16.8. The number of hydrogen-bond acceptors (Lipinski definition) is 3. The van der Waals surface area contributed by atoms with Crippen molar-refractivity contribution in [1.29, 1.82) is 0 Å². The number of nitrogens with one attached hydrogen (secondary N) is 2. The second-order valence-corrected chi connectivity index (χ2v) is 7.81. The summed E-state index contributed by atoms with van der Waals surface area (Å²) in [5, 5.41) is 6.72. The molecule has 2 N–H and O–H groups in total. The quantitative estimate of drug-likeness (QED) is 0.817. The average Bonchev–Trinajstić information content (AvgIpc) is 2.63. The summed E-state index contributed by atoms with van der Waals surface area (Å²) in [5.74, 6) is 1.22. The van der Waals surface area contributed by atoms with Gasteiger partial charge in [0.15, 0.2) is 0 Å². The number of amides is 1. The minimum atomic E-state index is -0.0232. The normalized spacial score (nSPS) is 27.2. The molecule has 0 aliphatic carbocycles. The zero-order valence-electron chi connectivity index (χ0n) is 16.0. The van der Waals surface area contributed by atoms with Gasteiger partial charge in [0.1, 0.15) is 6.10 Å². The molecule has 0 saturated carbocycles. The molecule has 4 atom stereocenters. The van der Waals surface area contributed by atoms with Crippen LogP contribution in [0.3, 0.4) is 0 Å². The van der Waals surface area contributed by atoms with E-state index in [1.54, 1.807) is 0 Å². The smallest absolute Gasteiger partial charge is 0.220 e. The summed E-state index contributed by atoms with van der Waals surface area (Å²) in [7, 11) is 0. The lowest BCUT2D eigenvalue weighted by Gasteiger charge is -2.34. The number of ether oxygens (including phenoxy) is 1. The molecule has 2 aliphatic heterocycles. The van der Waals surface area contributed by atoms with Crippen molar-refractivity contribution in [3.05, 3.63) is 35.4 Å². The summed E-state index contributed by atoms with van der Waals surface area (Å²) in [6.45, 7) is 7.24. The van der Waals surface area contributed by atoms with Crippen LogP contribution >= 0.6 is 12.4 Å². The van der Waals surface area contributed by atoms with Crippen molar-refractivity contribution in [2.24, 2.45) is 11.8 Å². The maximum atomic E-state index is 12.6. The van der Waals surface area contributed by atoms with E-state index in [-0.39, 0.29) is 30.5 Å². The highest BCUT2D eigenvalue weighted by Gasteiger charge is 2.30. The Morgan fingerprint density at radius 3 is 2.73 bits per heavy atom. The molecular formula is C21H33ClN2O2. The highest BCUT2D eigenvalue weighted by molar-refractivity contribution is 5.85. The van der Waals surface area contributed by atoms with Crippen LogP contribution in [0.1, 0.15) is 56.3 Å². The van der Waals surface area contributed by atoms with Gasteiger partial charge in [-0.25, -0.2) is 0 Å². The summed E-state index contributed by atoms with van der Waals surface area (Å²) >= 11 is 0. The third-order valence-electron chi connectivity index (χ3n) is 5.72. The van der Waals surface area contributed by atoms with Crippen LogP contribution in [0.25, 0.3) is 0 Å². The van der Waals surface area contributed by atoms with Gasteiger partial charge in [-0.3, -0.25) is 4.79 Å². The van der Waals surface area contributed by atoms with Crippen LogP contribution in [-0.4, -0.2) is 31.6 Å². The first-order valence-corrected chi connectivity index (χ1v) is 9.81. The molecule has 2 fully saturated rings. The molecule has 2 aliphatic rings. The van der Waals surface area contributed by atoms with Crippen LogP contribution in [0.4, 0.5) is 0 Å². The predicted molar refractivity (Wildman–Crippen MR) is 108 cm³/mol. The molecule has 0 radical (unpaired) electrons. The standard InChI is InChI=1S/C21H32N2O2.ClH/c1-15-7-9-17(10-8-15)21-19(6-4-12-25-21)23-20(24)13-16(2)18-5-3-11-22-14-18;/h7-10,16,18-19,21-22H,3-6,11-14H2,1-2H3,(H,23,24);1H. The highest BCUT2D eigenvalue weighted by atomic mass is 35.5. The maximum absolute atomic E-state index is 12.6. The first-order valence-electron chi connectivity index (χ1n) is 9.81. The summed E-state index contributed by atoms with van der Waals surface area (Å²) in [6, 6.07) is 8.57. The Kier molecular flexibility index (Phi) is 8.39. The molecule has 3 rings (SSSR count). The number of rotatable bonds is 5. The first kappa shape index (κ1) is 21.2. The first-order chi connectivity index (χ1) is 12.1. The molecule has 0 aromatic heterocycles. The SMILES string of the molecule is Cc1ccc(C2OCCCC2NC(=O)CC(C)C2CCCNC2)cc1.Cl. The van der Waals surface area contributed by atoms with Crippen LogP contribution in [0, 0.1) is 18.8 Å². The minimum Gasteiger partial charge on any atom is -0.371 e. The molecule has 26 heavy (non-hydrogen) atoms. The van der Waals surface area contributed by atoms with Crippen molar-refractivity contribution in [1.82, 2.24) is 10.6 Å². The van der Waals surface area contributed by atoms with Gasteiger partial charge < -0.3 is 15.4 Å². The minimum absolute atomic E-state index is 0. The number of hydrogen-bond donors (Lipinski definition) is 2. The molecule has 1 aromatic carbocycles. The van der Waals surface area contributed by atoms with Crippen molar-refractivity contribution >= 4 is 18.3 Å². The Bertz CT molecular complexity index is 558. The van der Waals surface area contributed by atoms with Gasteiger partial charge in [-0.15, -0.1) is 12.4 Å². The summed E-state index contributed by atoms with van der Waals surface area (Å²) in [5.41, 5.74) is 2.41. The lowest BCUT2D eigenvalue weighted by atomic mass is 9.85. The second-order valence-electron chi connectivity index (χ2n) is 7.81. The molecule has 1 aromatic rings. The molecule has 4 unspecified atom stereocenters. The summed E-state index contributed by atoms with van der Waals surface area (Å²) in [6.07, 6.45) is 5.05. The van der Waals surface area contributed by atoms with Crippen LogP contribution in [0.15, 0.2) is 24.3 Å². The lowest BCUT2D eigenvalue weighted by molar-refractivity contribution is -0.125. The highest BCUT2D eigenvalue weighted by Crippen LogP contribution is 2.29. The fourth-order valence-corrected chi connectivity index (χ4v) is 4.10. The molecule has 0 spiro atoms. The van der Waals surface area contributed by atoms with E-state index in [4.69, 9.17) is 4.74 Å². The van der Waals surface area contributed by atoms with Crippen LogP contribution in [-0.2, 0) is 9.53 Å². The van der Waals surface area contributed by atoms with E-state index >= 15 is 0 Å². The van der Waals surface area contributed by atoms with E-state index in [0.29, 0.717) is 18.3 Å². The monoisotopic (exact) mass is 380 g/mol. The van der Waals surface area contributed by atoms with E-state index in [2.05, 4.69) is 48.7 Å². The summed E-state index contributed by atoms with van der Waals surface area (Å²) in [4.78, 5) is 12.6. The van der Waals surface area contributed by atoms with Crippen LogP contribution in [0.2, 0.25) is 0 Å². The van der Waals surface area contributed by atoms with E-state index in [9.17, 15) is 4.79 Å². The topological polar surface area (TPSA) is 50.4 Å². The molecule has 5 heteroatoms.